The van der Waals surface area contributed by atoms with Crippen molar-refractivity contribution in [2.75, 3.05) is 44.2 Å². The van der Waals surface area contributed by atoms with Crippen molar-refractivity contribution in [3.8, 4) is 11.4 Å². The molecule has 0 amide bonds. The summed E-state index contributed by atoms with van der Waals surface area (Å²) >= 11 is 0. The second-order valence-electron chi connectivity index (χ2n) is 8.71. The summed E-state index contributed by atoms with van der Waals surface area (Å²) in [7, 11) is 0. The number of pyridine rings is 1. The van der Waals surface area contributed by atoms with Crippen molar-refractivity contribution in [3.63, 3.8) is 0 Å². The molecule has 0 N–H and O–H groups in total. The third-order valence-corrected chi connectivity index (χ3v) is 6.76. The van der Waals surface area contributed by atoms with Gasteiger partial charge in [-0.25, -0.2) is 4.98 Å². The van der Waals surface area contributed by atoms with Gasteiger partial charge in [-0.2, -0.15) is 4.98 Å². The van der Waals surface area contributed by atoms with Crippen LogP contribution in [-0.2, 0) is 6.54 Å². The quantitative estimate of drug-likeness (QED) is 0.769. The van der Waals surface area contributed by atoms with Crippen LogP contribution in [0.15, 0.2) is 22.9 Å². The minimum absolute atomic E-state index is 0.640. The van der Waals surface area contributed by atoms with Gasteiger partial charge in [0.15, 0.2) is 0 Å². The first-order chi connectivity index (χ1) is 14.3. The van der Waals surface area contributed by atoms with Crippen molar-refractivity contribution in [1.82, 2.24) is 24.9 Å². The van der Waals surface area contributed by atoms with Crippen molar-refractivity contribution in [2.45, 2.75) is 57.5 Å². The van der Waals surface area contributed by atoms with Gasteiger partial charge in [0, 0.05) is 57.1 Å². The van der Waals surface area contributed by atoms with Crippen LogP contribution in [0, 0.1) is 0 Å². The minimum atomic E-state index is 0.640. The molecule has 3 aliphatic rings. The Labute approximate surface area is 173 Å². The Morgan fingerprint density at radius 2 is 1.69 bits per heavy atom. The Morgan fingerprint density at radius 3 is 2.41 bits per heavy atom. The lowest BCUT2D eigenvalue weighted by Crippen LogP contribution is -2.50. The molecule has 2 aromatic rings. The van der Waals surface area contributed by atoms with Crippen molar-refractivity contribution < 1.29 is 4.52 Å². The van der Waals surface area contributed by atoms with Crippen molar-refractivity contribution in [1.29, 1.82) is 0 Å². The number of rotatable bonds is 5. The lowest BCUT2D eigenvalue weighted by molar-refractivity contribution is 0.0702. The van der Waals surface area contributed by atoms with Crippen LogP contribution in [0.25, 0.3) is 11.4 Å². The lowest BCUT2D eigenvalue weighted by atomic mass is 9.94. The highest BCUT2D eigenvalue weighted by Crippen LogP contribution is 2.24. The van der Waals surface area contributed by atoms with Gasteiger partial charge in [-0.3, -0.25) is 9.80 Å². The third-order valence-electron chi connectivity index (χ3n) is 6.76. The average molecular weight is 397 g/mol. The number of hydrogen-bond acceptors (Lipinski definition) is 7. The first-order valence-corrected chi connectivity index (χ1v) is 11.4. The van der Waals surface area contributed by atoms with E-state index >= 15 is 0 Å². The van der Waals surface area contributed by atoms with Crippen LogP contribution in [0.4, 0.5) is 5.82 Å². The summed E-state index contributed by atoms with van der Waals surface area (Å²) in [6.45, 7) is 7.44. The molecular formula is C22H32N6O. The van der Waals surface area contributed by atoms with E-state index in [1.54, 1.807) is 0 Å². The smallest absolute Gasteiger partial charge is 0.241 e. The fourth-order valence-electron chi connectivity index (χ4n) is 5.01. The largest absolute Gasteiger partial charge is 0.357 e. The van der Waals surface area contributed by atoms with E-state index in [4.69, 9.17) is 4.52 Å². The Hall–Kier alpha value is -1.99. The van der Waals surface area contributed by atoms with Crippen molar-refractivity contribution in [2.24, 2.45) is 0 Å². The fraction of sp³-hybridized carbons (Fsp3) is 0.682. The standard InChI is InChI=1S/C22H32N6O/c1-2-6-19(7-3-1)27-14-12-26(13-15-27)17-21-24-22(25-29-21)18-8-9-20(23-16-18)28-10-4-5-11-28/h8-9,16,19H,1-7,10-15,17H2. The highest BCUT2D eigenvalue weighted by atomic mass is 16.5. The number of anilines is 1. The summed E-state index contributed by atoms with van der Waals surface area (Å²) in [5.74, 6) is 2.39. The van der Waals surface area contributed by atoms with E-state index in [-0.39, 0.29) is 0 Å². The summed E-state index contributed by atoms with van der Waals surface area (Å²) in [5.41, 5.74) is 0.921. The summed E-state index contributed by atoms with van der Waals surface area (Å²) in [6, 6.07) is 4.94. The normalized spacial score (nSPS) is 22.4. The first-order valence-electron chi connectivity index (χ1n) is 11.4. The van der Waals surface area contributed by atoms with Gasteiger partial charge in [-0.1, -0.05) is 24.4 Å². The zero-order valence-electron chi connectivity index (χ0n) is 17.3. The molecule has 29 heavy (non-hydrogen) atoms. The summed E-state index contributed by atoms with van der Waals surface area (Å²) < 4.78 is 5.54. The van der Waals surface area contributed by atoms with E-state index in [1.165, 1.54) is 44.9 Å². The molecule has 3 fully saturated rings. The SMILES string of the molecule is c1cc(N2CCCC2)ncc1-c1noc(CN2CCN(C3CCCCC3)CC2)n1. The molecule has 0 aromatic carbocycles. The summed E-state index contributed by atoms with van der Waals surface area (Å²) in [5, 5.41) is 4.19. The van der Waals surface area contributed by atoms with Crippen molar-refractivity contribution >= 4 is 5.82 Å². The molecule has 7 nitrogen and oxygen atoms in total. The van der Waals surface area contributed by atoms with Crippen LogP contribution in [0.5, 0.6) is 0 Å². The van der Waals surface area contributed by atoms with Crippen LogP contribution in [0.3, 0.4) is 0 Å². The van der Waals surface area contributed by atoms with E-state index in [0.717, 1.165) is 63.2 Å². The van der Waals surface area contributed by atoms with Gasteiger partial charge in [0.05, 0.1) is 6.54 Å². The minimum Gasteiger partial charge on any atom is -0.357 e. The fourth-order valence-corrected chi connectivity index (χ4v) is 5.01. The van der Waals surface area contributed by atoms with E-state index in [1.807, 2.05) is 6.20 Å². The lowest BCUT2D eigenvalue weighted by Gasteiger charge is -2.40. The van der Waals surface area contributed by atoms with E-state index in [9.17, 15) is 0 Å². The van der Waals surface area contributed by atoms with Crippen LogP contribution in [0.1, 0.15) is 50.8 Å². The molecule has 4 heterocycles. The van der Waals surface area contributed by atoms with Gasteiger partial charge < -0.3 is 9.42 Å². The zero-order valence-corrected chi connectivity index (χ0v) is 17.3. The average Bonchev–Trinajstić information content (AvgIpc) is 3.48. The Bertz CT molecular complexity index is 771. The Balaban J connectivity index is 1.15. The highest BCUT2D eigenvalue weighted by Gasteiger charge is 2.26. The van der Waals surface area contributed by atoms with Gasteiger partial charge in [-0.15, -0.1) is 0 Å². The Kier molecular flexibility index (Phi) is 5.76. The molecule has 0 unspecified atom stereocenters. The van der Waals surface area contributed by atoms with Gasteiger partial charge in [-0.05, 0) is 37.8 Å². The number of piperazine rings is 1. The molecule has 1 saturated carbocycles. The molecule has 156 valence electrons. The topological polar surface area (TPSA) is 61.5 Å². The molecule has 0 bridgehead atoms. The molecule has 1 aliphatic carbocycles. The molecule has 2 aliphatic heterocycles. The van der Waals surface area contributed by atoms with Crippen LogP contribution < -0.4 is 4.90 Å². The second-order valence-corrected chi connectivity index (χ2v) is 8.71. The molecular weight excluding hydrogens is 364 g/mol. The monoisotopic (exact) mass is 396 g/mol. The molecule has 0 spiro atoms. The second kappa shape index (κ2) is 8.79. The molecule has 5 rings (SSSR count). The van der Waals surface area contributed by atoms with Gasteiger partial charge >= 0.3 is 0 Å². The number of nitrogens with zero attached hydrogens (tertiary/aromatic N) is 6. The van der Waals surface area contributed by atoms with Crippen LogP contribution >= 0.6 is 0 Å². The molecule has 0 atom stereocenters. The number of aromatic nitrogens is 3. The van der Waals surface area contributed by atoms with Crippen LogP contribution in [-0.4, -0.2) is 70.2 Å². The van der Waals surface area contributed by atoms with Crippen LogP contribution in [0.2, 0.25) is 0 Å². The van der Waals surface area contributed by atoms with Gasteiger partial charge in [0.2, 0.25) is 11.7 Å². The molecule has 2 saturated heterocycles. The molecule has 0 radical (unpaired) electrons. The number of hydrogen-bond donors (Lipinski definition) is 0. The maximum atomic E-state index is 5.54. The zero-order chi connectivity index (χ0) is 19.5. The van der Waals surface area contributed by atoms with Gasteiger partial charge in [0.1, 0.15) is 5.82 Å². The Morgan fingerprint density at radius 1 is 0.897 bits per heavy atom. The van der Waals surface area contributed by atoms with E-state index in [0.29, 0.717) is 11.7 Å². The van der Waals surface area contributed by atoms with E-state index in [2.05, 4.69) is 42.0 Å². The summed E-state index contributed by atoms with van der Waals surface area (Å²) in [6.07, 6.45) is 11.4. The highest BCUT2D eigenvalue weighted by molar-refractivity contribution is 5.56. The summed E-state index contributed by atoms with van der Waals surface area (Å²) in [4.78, 5) is 16.7. The van der Waals surface area contributed by atoms with Gasteiger partial charge in [0.25, 0.3) is 0 Å². The molecule has 7 heteroatoms. The van der Waals surface area contributed by atoms with Crippen molar-refractivity contribution in [3.05, 3.63) is 24.2 Å². The van der Waals surface area contributed by atoms with E-state index < -0.39 is 0 Å². The predicted octanol–water partition coefficient (Wildman–Crippen LogP) is 3.18. The maximum absolute atomic E-state index is 5.54. The maximum Gasteiger partial charge on any atom is 0.241 e. The predicted molar refractivity (Wildman–Crippen MR) is 113 cm³/mol. The molecule has 2 aromatic heterocycles. The third kappa shape index (κ3) is 4.46. The first kappa shape index (κ1) is 19.0.